The first-order chi connectivity index (χ1) is 14.5. The molecule has 0 spiro atoms. The molecule has 1 aromatic heterocycles. The zero-order valence-corrected chi connectivity index (χ0v) is 17.2. The van der Waals surface area contributed by atoms with E-state index in [-0.39, 0.29) is 12.5 Å². The van der Waals surface area contributed by atoms with Gasteiger partial charge in [0.2, 0.25) is 0 Å². The van der Waals surface area contributed by atoms with Crippen LogP contribution in [0.2, 0.25) is 0 Å². The smallest absolute Gasteiger partial charge is 0.339 e. The number of likely N-dealkylation sites (N-methyl/N-ethyl adjacent to an activating group) is 1. The molecule has 0 aliphatic heterocycles. The third-order valence-electron chi connectivity index (χ3n) is 5.34. The summed E-state index contributed by atoms with van der Waals surface area (Å²) < 4.78 is 5.40. The molecule has 2 aromatic carbocycles. The molecule has 4 rings (SSSR count). The molecule has 3 aromatic rings. The van der Waals surface area contributed by atoms with Crippen molar-refractivity contribution in [3.63, 3.8) is 0 Å². The number of benzene rings is 2. The molecule has 0 saturated heterocycles. The van der Waals surface area contributed by atoms with Crippen LogP contribution >= 0.6 is 0 Å². The predicted molar refractivity (Wildman–Crippen MR) is 118 cm³/mol. The highest BCUT2D eigenvalue weighted by Crippen LogP contribution is 2.36. The van der Waals surface area contributed by atoms with Gasteiger partial charge >= 0.3 is 5.97 Å². The summed E-state index contributed by atoms with van der Waals surface area (Å²) >= 11 is 0. The molecule has 0 unspecified atom stereocenters. The topological polar surface area (TPSA) is 59.5 Å². The number of aromatic nitrogens is 1. The quantitative estimate of drug-likeness (QED) is 0.611. The van der Waals surface area contributed by atoms with Crippen molar-refractivity contribution in [2.75, 3.05) is 20.7 Å². The highest BCUT2D eigenvalue weighted by molar-refractivity contribution is 6.07. The van der Waals surface area contributed by atoms with Gasteiger partial charge in [-0.3, -0.25) is 4.79 Å². The standard InChI is InChI=1S/C25H24N2O3/c1-27(2)22(28)16-30-25(29)23-19-12-6-7-14-21(19)26-24-18(11-8-13-20(23)24)15-17-9-4-3-5-10-17/h3-7,9-10,12,14-15H,8,11,13,16H2,1-2H3. The van der Waals surface area contributed by atoms with Crippen molar-refractivity contribution in [3.8, 4) is 0 Å². The van der Waals surface area contributed by atoms with Gasteiger partial charge in [-0.2, -0.15) is 0 Å². The summed E-state index contributed by atoms with van der Waals surface area (Å²) in [6.07, 6.45) is 4.74. The lowest BCUT2D eigenvalue weighted by Gasteiger charge is -2.22. The molecule has 1 amide bonds. The van der Waals surface area contributed by atoms with Gasteiger partial charge in [-0.25, -0.2) is 9.78 Å². The van der Waals surface area contributed by atoms with E-state index in [1.165, 1.54) is 4.90 Å². The largest absolute Gasteiger partial charge is 0.452 e. The van der Waals surface area contributed by atoms with E-state index in [4.69, 9.17) is 9.72 Å². The van der Waals surface area contributed by atoms with Crippen LogP contribution in [0.3, 0.4) is 0 Å². The van der Waals surface area contributed by atoms with Crippen LogP contribution in [0, 0.1) is 0 Å². The summed E-state index contributed by atoms with van der Waals surface area (Å²) in [7, 11) is 3.28. The van der Waals surface area contributed by atoms with Crippen molar-refractivity contribution in [2.24, 2.45) is 0 Å². The van der Waals surface area contributed by atoms with Gasteiger partial charge in [0.15, 0.2) is 6.61 Å². The van der Waals surface area contributed by atoms with Gasteiger partial charge in [0, 0.05) is 19.5 Å². The summed E-state index contributed by atoms with van der Waals surface area (Å²) in [5, 5.41) is 0.763. The van der Waals surface area contributed by atoms with Gasteiger partial charge in [0.1, 0.15) is 0 Å². The molecular weight excluding hydrogens is 376 g/mol. The number of nitrogens with zero attached hydrogens (tertiary/aromatic N) is 2. The van der Waals surface area contributed by atoms with E-state index in [2.05, 4.69) is 18.2 Å². The van der Waals surface area contributed by atoms with Gasteiger partial charge in [-0.15, -0.1) is 0 Å². The molecule has 5 heteroatoms. The Bertz CT molecular complexity index is 1130. The fraction of sp³-hybridized carbons (Fsp3) is 0.240. The zero-order chi connectivity index (χ0) is 21.1. The van der Waals surface area contributed by atoms with Crippen LogP contribution in [0.1, 0.15) is 40.0 Å². The van der Waals surface area contributed by atoms with Crippen LogP contribution in [0.5, 0.6) is 0 Å². The average molecular weight is 400 g/mol. The number of ether oxygens (including phenoxy) is 1. The number of allylic oxidation sites excluding steroid dienone is 1. The van der Waals surface area contributed by atoms with Gasteiger partial charge in [-0.1, -0.05) is 48.5 Å². The van der Waals surface area contributed by atoms with Crippen LogP contribution in [0.25, 0.3) is 22.6 Å². The maximum Gasteiger partial charge on any atom is 0.339 e. The Labute approximate surface area is 176 Å². The molecular formula is C25H24N2O3. The maximum absolute atomic E-state index is 13.1. The predicted octanol–water partition coefficient (Wildman–Crippen LogP) is 4.36. The zero-order valence-electron chi connectivity index (χ0n) is 17.2. The number of carbonyl (C=O) groups excluding carboxylic acids is 2. The van der Waals surface area contributed by atoms with Gasteiger partial charge < -0.3 is 9.64 Å². The van der Waals surface area contributed by atoms with E-state index in [9.17, 15) is 9.59 Å². The second-order valence-electron chi connectivity index (χ2n) is 7.63. The molecule has 0 radical (unpaired) electrons. The summed E-state index contributed by atoms with van der Waals surface area (Å²) in [5.74, 6) is -0.721. The normalized spacial score (nSPS) is 14.4. The van der Waals surface area contributed by atoms with Crippen LogP contribution in [-0.2, 0) is 16.0 Å². The second-order valence-corrected chi connectivity index (χ2v) is 7.63. The van der Waals surface area contributed by atoms with Crippen molar-refractivity contribution >= 4 is 34.4 Å². The van der Waals surface area contributed by atoms with Crippen molar-refractivity contribution in [3.05, 3.63) is 77.0 Å². The molecule has 0 bridgehead atoms. The third-order valence-corrected chi connectivity index (χ3v) is 5.34. The molecule has 152 valence electrons. The van der Waals surface area contributed by atoms with E-state index >= 15 is 0 Å². The van der Waals surface area contributed by atoms with Crippen LogP contribution in [-0.4, -0.2) is 42.5 Å². The van der Waals surface area contributed by atoms with E-state index in [0.29, 0.717) is 5.56 Å². The first kappa shape index (κ1) is 19.8. The Morgan fingerprint density at radius 3 is 2.53 bits per heavy atom. The Kier molecular flexibility index (Phi) is 5.61. The Hall–Kier alpha value is -3.47. The van der Waals surface area contributed by atoms with Crippen molar-refractivity contribution < 1.29 is 14.3 Å². The SMILES string of the molecule is CN(C)C(=O)COC(=O)c1c2c(nc3ccccc13)C(=Cc1ccccc1)CCC2. The van der Waals surface area contributed by atoms with E-state index in [0.717, 1.165) is 52.6 Å². The van der Waals surface area contributed by atoms with Crippen molar-refractivity contribution in [2.45, 2.75) is 19.3 Å². The first-order valence-corrected chi connectivity index (χ1v) is 10.1. The molecule has 1 aliphatic rings. The molecule has 0 N–H and O–H groups in total. The van der Waals surface area contributed by atoms with Gasteiger partial charge in [0.05, 0.1) is 16.8 Å². The Morgan fingerprint density at radius 2 is 1.77 bits per heavy atom. The third kappa shape index (κ3) is 3.96. The molecule has 30 heavy (non-hydrogen) atoms. The second kappa shape index (κ2) is 8.49. The van der Waals surface area contributed by atoms with E-state index in [1.54, 1.807) is 14.1 Å². The number of pyridine rings is 1. The number of hydrogen-bond acceptors (Lipinski definition) is 4. The fourth-order valence-electron chi connectivity index (χ4n) is 3.79. The number of fused-ring (bicyclic) bond motifs is 2. The minimum absolute atomic E-state index is 0.250. The summed E-state index contributed by atoms with van der Waals surface area (Å²) in [6, 6.07) is 17.7. The first-order valence-electron chi connectivity index (χ1n) is 10.1. The van der Waals surface area contributed by atoms with Gasteiger partial charge in [0.25, 0.3) is 5.91 Å². The molecule has 0 fully saturated rings. The van der Waals surface area contributed by atoms with E-state index in [1.807, 2.05) is 42.5 Å². The lowest BCUT2D eigenvalue weighted by atomic mass is 9.86. The fourth-order valence-corrected chi connectivity index (χ4v) is 3.79. The number of carbonyl (C=O) groups is 2. The van der Waals surface area contributed by atoms with Crippen LogP contribution < -0.4 is 0 Å². The highest BCUT2D eigenvalue weighted by Gasteiger charge is 2.26. The van der Waals surface area contributed by atoms with Crippen molar-refractivity contribution in [1.29, 1.82) is 0 Å². The maximum atomic E-state index is 13.1. The van der Waals surface area contributed by atoms with Crippen molar-refractivity contribution in [1.82, 2.24) is 9.88 Å². The lowest BCUT2D eigenvalue weighted by molar-refractivity contribution is -0.131. The number of amides is 1. The highest BCUT2D eigenvalue weighted by atomic mass is 16.5. The number of para-hydroxylation sites is 1. The van der Waals surface area contributed by atoms with Crippen LogP contribution in [0.4, 0.5) is 0 Å². The van der Waals surface area contributed by atoms with Gasteiger partial charge in [-0.05, 0) is 48.1 Å². The number of esters is 1. The molecule has 1 aliphatic carbocycles. The summed E-state index contributed by atoms with van der Waals surface area (Å²) in [6.45, 7) is -0.274. The molecule has 0 atom stereocenters. The molecule has 0 saturated carbocycles. The number of rotatable bonds is 4. The molecule has 5 nitrogen and oxygen atoms in total. The Morgan fingerprint density at radius 1 is 1.03 bits per heavy atom. The average Bonchev–Trinajstić information content (AvgIpc) is 2.76. The van der Waals surface area contributed by atoms with E-state index < -0.39 is 5.97 Å². The lowest BCUT2D eigenvalue weighted by Crippen LogP contribution is -2.28. The minimum atomic E-state index is -0.471. The summed E-state index contributed by atoms with van der Waals surface area (Å²) in [4.78, 5) is 31.3. The number of hydrogen-bond donors (Lipinski definition) is 0. The monoisotopic (exact) mass is 400 g/mol. The summed E-state index contributed by atoms with van der Waals surface area (Å²) in [5.41, 5.74) is 5.27. The minimum Gasteiger partial charge on any atom is -0.452 e. The van der Waals surface area contributed by atoms with Crippen LogP contribution in [0.15, 0.2) is 54.6 Å². The molecule has 1 heterocycles. The Balaban J connectivity index is 1.81.